The van der Waals surface area contributed by atoms with Crippen LogP contribution < -0.4 is 5.32 Å². The molecule has 2 heteroatoms. The van der Waals surface area contributed by atoms with Crippen LogP contribution in [-0.4, -0.2) is 37.1 Å². The molecular formula is C11H22N2. The lowest BCUT2D eigenvalue weighted by Gasteiger charge is -2.32. The highest BCUT2D eigenvalue weighted by Gasteiger charge is 2.24. The van der Waals surface area contributed by atoms with Crippen LogP contribution in [0.4, 0.5) is 0 Å². The molecule has 0 unspecified atom stereocenters. The second kappa shape index (κ2) is 4.43. The first-order valence-corrected chi connectivity index (χ1v) is 5.84. The van der Waals surface area contributed by atoms with Gasteiger partial charge in [0, 0.05) is 12.6 Å². The standard InChI is InChI=1S/C11H22N2/c1-2-13-7-3-4-11(9-13)12-8-10-5-6-10/h10-12H,2-9H2,1H3/t11-/m1/s1. The molecule has 0 aromatic rings. The van der Waals surface area contributed by atoms with Crippen LogP contribution in [0.15, 0.2) is 0 Å². The zero-order valence-electron chi connectivity index (χ0n) is 8.76. The number of rotatable bonds is 4. The maximum atomic E-state index is 3.71. The summed E-state index contributed by atoms with van der Waals surface area (Å²) in [5.41, 5.74) is 0. The van der Waals surface area contributed by atoms with Gasteiger partial charge in [0.15, 0.2) is 0 Å². The number of hydrogen-bond acceptors (Lipinski definition) is 2. The molecule has 1 atom stereocenters. The topological polar surface area (TPSA) is 15.3 Å². The molecule has 13 heavy (non-hydrogen) atoms. The van der Waals surface area contributed by atoms with E-state index in [1.807, 2.05) is 0 Å². The quantitative estimate of drug-likeness (QED) is 0.708. The number of piperidine rings is 1. The minimum absolute atomic E-state index is 0.786. The molecule has 1 N–H and O–H groups in total. The van der Waals surface area contributed by atoms with E-state index in [0.29, 0.717) is 0 Å². The van der Waals surface area contributed by atoms with Gasteiger partial charge in [-0.25, -0.2) is 0 Å². The fourth-order valence-electron chi connectivity index (χ4n) is 2.16. The maximum Gasteiger partial charge on any atom is 0.0195 e. The lowest BCUT2D eigenvalue weighted by molar-refractivity contribution is 0.198. The van der Waals surface area contributed by atoms with Gasteiger partial charge < -0.3 is 10.2 Å². The summed E-state index contributed by atoms with van der Waals surface area (Å²) in [6.07, 6.45) is 5.72. The zero-order chi connectivity index (χ0) is 9.10. The molecule has 0 bridgehead atoms. The van der Waals surface area contributed by atoms with Gasteiger partial charge in [-0.15, -0.1) is 0 Å². The monoisotopic (exact) mass is 182 g/mol. The third kappa shape index (κ3) is 2.96. The highest BCUT2D eigenvalue weighted by Crippen LogP contribution is 2.28. The van der Waals surface area contributed by atoms with Gasteiger partial charge in [0.25, 0.3) is 0 Å². The van der Waals surface area contributed by atoms with E-state index in [2.05, 4.69) is 17.1 Å². The molecule has 2 rings (SSSR count). The molecule has 1 aliphatic heterocycles. The van der Waals surface area contributed by atoms with Crippen LogP contribution in [0.5, 0.6) is 0 Å². The van der Waals surface area contributed by atoms with Crippen molar-refractivity contribution in [3.8, 4) is 0 Å². The van der Waals surface area contributed by atoms with Gasteiger partial charge >= 0.3 is 0 Å². The smallest absolute Gasteiger partial charge is 0.0195 e. The van der Waals surface area contributed by atoms with Gasteiger partial charge in [-0.05, 0) is 51.2 Å². The predicted octanol–water partition coefficient (Wildman–Crippen LogP) is 1.47. The number of nitrogens with zero attached hydrogens (tertiary/aromatic N) is 1. The first-order chi connectivity index (χ1) is 6.38. The Bertz CT molecular complexity index is 154. The lowest BCUT2D eigenvalue weighted by Crippen LogP contribution is -2.46. The molecule has 1 heterocycles. The normalized spacial score (nSPS) is 30.7. The van der Waals surface area contributed by atoms with E-state index in [4.69, 9.17) is 0 Å². The molecule has 2 fully saturated rings. The Labute approximate surface area is 81.7 Å². The first-order valence-electron chi connectivity index (χ1n) is 5.84. The second-order valence-corrected chi connectivity index (χ2v) is 4.58. The average Bonchev–Trinajstić information content (AvgIpc) is 2.99. The second-order valence-electron chi connectivity index (χ2n) is 4.58. The summed E-state index contributed by atoms with van der Waals surface area (Å²) in [7, 11) is 0. The molecule has 1 saturated carbocycles. The van der Waals surface area contributed by atoms with Gasteiger partial charge in [-0.2, -0.15) is 0 Å². The van der Waals surface area contributed by atoms with Gasteiger partial charge in [0.05, 0.1) is 0 Å². The summed E-state index contributed by atoms with van der Waals surface area (Å²) in [6.45, 7) is 7.37. The Morgan fingerprint density at radius 3 is 2.85 bits per heavy atom. The molecule has 0 amide bonds. The van der Waals surface area contributed by atoms with E-state index in [1.54, 1.807) is 0 Å². The minimum Gasteiger partial charge on any atom is -0.312 e. The summed E-state index contributed by atoms with van der Waals surface area (Å²) in [6, 6.07) is 0.786. The van der Waals surface area contributed by atoms with Crippen molar-refractivity contribution in [3.63, 3.8) is 0 Å². The third-order valence-corrected chi connectivity index (χ3v) is 3.34. The molecule has 0 aromatic heterocycles. The van der Waals surface area contributed by atoms with Crippen LogP contribution in [0, 0.1) is 5.92 Å². The Hall–Kier alpha value is -0.0800. The Kier molecular flexibility index (Phi) is 3.23. The highest BCUT2D eigenvalue weighted by molar-refractivity contribution is 4.81. The summed E-state index contributed by atoms with van der Waals surface area (Å²) >= 11 is 0. The van der Waals surface area contributed by atoms with Crippen LogP contribution in [0.1, 0.15) is 32.6 Å². The van der Waals surface area contributed by atoms with Crippen LogP contribution in [0.3, 0.4) is 0 Å². The Balaban J connectivity index is 1.65. The van der Waals surface area contributed by atoms with E-state index >= 15 is 0 Å². The van der Waals surface area contributed by atoms with Crippen LogP contribution >= 0.6 is 0 Å². The van der Waals surface area contributed by atoms with Crippen LogP contribution in [0.25, 0.3) is 0 Å². The molecule has 1 saturated heterocycles. The molecule has 2 aliphatic rings. The van der Waals surface area contributed by atoms with Crippen molar-refractivity contribution in [2.45, 2.75) is 38.6 Å². The van der Waals surface area contributed by atoms with E-state index in [9.17, 15) is 0 Å². The summed E-state index contributed by atoms with van der Waals surface area (Å²) in [4.78, 5) is 2.56. The Morgan fingerprint density at radius 2 is 2.15 bits per heavy atom. The minimum atomic E-state index is 0.786. The summed E-state index contributed by atoms with van der Waals surface area (Å²) < 4.78 is 0. The molecule has 0 aromatic carbocycles. The van der Waals surface area contributed by atoms with Crippen molar-refractivity contribution in [1.82, 2.24) is 10.2 Å². The fraction of sp³-hybridized carbons (Fsp3) is 1.00. The Morgan fingerprint density at radius 1 is 1.31 bits per heavy atom. The van der Waals surface area contributed by atoms with Crippen molar-refractivity contribution < 1.29 is 0 Å². The molecule has 0 radical (unpaired) electrons. The van der Waals surface area contributed by atoms with Crippen molar-refractivity contribution in [3.05, 3.63) is 0 Å². The maximum absolute atomic E-state index is 3.71. The average molecular weight is 182 g/mol. The number of hydrogen-bond donors (Lipinski definition) is 1. The lowest BCUT2D eigenvalue weighted by atomic mass is 10.1. The number of likely N-dealkylation sites (tertiary alicyclic amines) is 1. The van der Waals surface area contributed by atoms with Crippen molar-refractivity contribution in [1.29, 1.82) is 0 Å². The van der Waals surface area contributed by atoms with Crippen LogP contribution in [-0.2, 0) is 0 Å². The van der Waals surface area contributed by atoms with Gasteiger partial charge in [-0.1, -0.05) is 6.92 Å². The van der Waals surface area contributed by atoms with Gasteiger partial charge in [-0.3, -0.25) is 0 Å². The SMILES string of the molecule is CCN1CCC[C@@H](NCC2CC2)C1. The van der Waals surface area contributed by atoms with Gasteiger partial charge in [0.1, 0.15) is 0 Å². The largest absolute Gasteiger partial charge is 0.312 e. The van der Waals surface area contributed by atoms with Crippen molar-refractivity contribution in [2.24, 2.45) is 5.92 Å². The van der Waals surface area contributed by atoms with E-state index in [-0.39, 0.29) is 0 Å². The highest BCUT2D eigenvalue weighted by atomic mass is 15.2. The number of nitrogens with one attached hydrogen (secondary N) is 1. The van der Waals surface area contributed by atoms with E-state index < -0.39 is 0 Å². The van der Waals surface area contributed by atoms with Crippen LogP contribution in [0.2, 0.25) is 0 Å². The van der Waals surface area contributed by atoms with Crippen molar-refractivity contribution in [2.75, 3.05) is 26.2 Å². The summed E-state index contributed by atoms with van der Waals surface area (Å²) in [5, 5.41) is 3.71. The summed E-state index contributed by atoms with van der Waals surface area (Å²) in [5.74, 6) is 1.03. The van der Waals surface area contributed by atoms with E-state index in [1.165, 1.54) is 51.9 Å². The number of likely N-dealkylation sites (N-methyl/N-ethyl adjacent to an activating group) is 1. The first kappa shape index (κ1) is 9.47. The van der Waals surface area contributed by atoms with Gasteiger partial charge in [0.2, 0.25) is 0 Å². The third-order valence-electron chi connectivity index (χ3n) is 3.34. The predicted molar refractivity (Wildman–Crippen MR) is 55.9 cm³/mol. The zero-order valence-corrected chi connectivity index (χ0v) is 8.76. The molecule has 1 aliphatic carbocycles. The molecule has 0 spiro atoms. The molecule has 76 valence electrons. The molecule has 2 nitrogen and oxygen atoms in total. The van der Waals surface area contributed by atoms with E-state index in [0.717, 1.165) is 12.0 Å². The fourth-order valence-corrected chi connectivity index (χ4v) is 2.16. The van der Waals surface area contributed by atoms with Crippen molar-refractivity contribution >= 4 is 0 Å². The molecular weight excluding hydrogens is 160 g/mol.